The molecule has 0 bridgehead atoms. The molecule has 0 saturated carbocycles. The third-order valence-electron chi connectivity index (χ3n) is 7.32. The van der Waals surface area contributed by atoms with Crippen LogP contribution in [0.15, 0.2) is 29.5 Å². The number of allylic oxidation sites excluding steroid dienone is 2. The van der Waals surface area contributed by atoms with Crippen LogP contribution in [0.5, 0.6) is 0 Å². The highest BCUT2D eigenvalue weighted by Gasteiger charge is 2.40. The minimum absolute atomic E-state index is 0.0240. The predicted molar refractivity (Wildman–Crippen MR) is 150 cm³/mol. The van der Waals surface area contributed by atoms with E-state index in [1.165, 1.54) is 116 Å². The van der Waals surface area contributed by atoms with E-state index in [0.29, 0.717) is 0 Å². The van der Waals surface area contributed by atoms with Gasteiger partial charge in [0.15, 0.2) is 6.54 Å². The molecular formula is C30H56N3O2+. The minimum atomic E-state index is -0.835. The minimum Gasteiger partial charge on any atom is -0.477 e. The van der Waals surface area contributed by atoms with Crippen LogP contribution in [-0.4, -0.2) is 34.1 Å². The third kappa shape index (κ3) is 14.6. The third-order valence-corrected chi connectivity index (χ3v) is 7.32. The fourth-order valence-electron chi connectivity index (χ4n) is 5.00. The first-order valence-corrected chi connectivity index (χ1v) is 14.8. The molecule has 0 saturated heterocycles. The second-order valence-corrected chi connectivity index (χ2v) is 10.5. The standard InChI is InChI=1S/C30H55N3O2/c1-3-4-5-6-7-8-9-10-11-12-13-14-15-16-17-18-19-20-21-22-23-24-29-32-25-26-33(29,28(2)31)27-30(34)35/h7-8,25-26,28H,3-6,9-24,27,31H2,1-2H3/p+1/b8-7+. The van der Waals surface area contributed by atoms with Crippen LogP contribution in [0, 0.1) is 0 Å². The first kappa shape index (κ1) is 31.6. The number of unbranched alkanes of at least 4 members (excludes halogenated alkanes) is 17. The Bertz CT molecular complexity index is 627. The van der Waals surface area contributed by atoms with Crippen LogP contribution >= 0.6 is 0 Å². The molecule has 5 heteroatoms. The van der Waals surface area contributed by atoms with Crippen molar-refractivity contribution in [3.05, 3.63) is 24.6 Å². The summed E-state index contributed by atoms with van der Waals surface area (Å²) in [5.74, 6) is 0.0649. The van der Waals surface area contributed by atoms with E-state index >= 15 is 0 Å². The van der Waals surface area contributed by atoms with Gasteiger partial charge in [-0.25, -0.2) is 14.3 Å². The van der Waals surface area contributed by atoms with E-state index in [2.05, 4.69) is 24.1 Å². The molecule has 1 aliphatic rings. The lowest BCUT2D eigenvalue weighted by atomic mass is 10.0. The Morgan fingerprint density at radius 3 is 1.77 bits per heavy atom. The molecule has 3 N–H and O–H groups in total. The molecule has 1 rings (SSSR count). The number of aliphatic imine (C=N–C) groups is 1. The first-order chi connectivity index (χ1) is 17.0. The van der Waals surface area contributed by atoms with Crippen LogP contribution in [0.2, 0.25) is 0 Å². The quantitative estimate of drug-likeness (QED) is 0.0809. The van der Waals surface area contributed by atoms with Crippen LogP contribution in [0.1, 0.15) is 142 Å². The van der Waals surface area contributed by atoms with Gasteiger partial charge in [-0.15, -0.1) is 0 Å². The maximum Gasteiger partial charge on any atom is 0.360 e. The summed E-state index contributed by atoms with van der Waals surface area (Å²) in [5, 5.41) is 9.29. The average molecular weight is 491 g/mol. The Morgan fingerprint density at radius 2 is 1.31 bits per heavy atom. The van der Waals surface area contributed by atoms with Crippen molar-refractivity contribution in [2.45, 2.75) is 148 Å². The summed E-state index contributed by atoms with van der Waals surface area (Å²) >= 11 is 0. The van der Waals surface area contributed by atoms with Gasteiger partial charge in [-0.05, 0) is 32.1 Å². The van der Waals surface area contributed by atoms with Crippen molar-refractivity contribution in [3.63, 3.8) is 0 Å². The molecule has 0 aromatic carbocycles. The fraction of sp³-hybridized carbons (Fsp3) is 0.800. The number of carboxylic acid groups (broad SMARTS) is 1. The molecule has 35 heavy (non-hydrogen) atoms. The van der Waals surface area contributed by atoms with Gasteiger partial charge in [-0.1, -0.05) is 109 Å². The normalized spacial score (nSPS) is 18.4. The van der Waals surface area contributed by atoms with E-state index in [9.17, 15) is 9.90 Å². The van der Waals surface area contributed by atoms with E-state index in [1.807, 2.05) is 13.1 Å². The summed E-state index contributed by atoms with van der Waals surface area (Å²) in [6.45, 7) is 4.11. The zero-order valence-corrected chi connectivity index (χ0v) is 23.1. The number of aliphatic carboxylic acids is 1. The van der Waals surface area contributed by atoms with Crippen molar-refractivity contribution in [2.24, 2.45) is 10.7 Å². The monoisotopic (exact) mass is 490 g/mol. The lowest BCUT2D eigenvalue weighted by molar-refractivity contribution is -0.805. The van der Waals surface area contributed by atoms with Gasteiger partial charge in [0.1, 0.15) is 12.4 Å². The van der Waals surface area contributed by atoms with Gasteiger partial charge in [0.05, 0.1) is 6.20 Å². The van der Waals surface area contributed by atoms with Crippen LogP contribution in [0.4, 0.5) is 0 Å². The van der Waals surface area contributed by atoms with Gasteiger partial charge in [0, 0.05) is 13.3 Å². The maximum atomic E-state index is 11.3. The number of quaternary nitrogens is 1. The maximum absolute atomic E-state index is 11.3. The zero-order chi connectivity index (χ0) is 25.6. The molecule has 0 fully saturated rings. The van der Waals surface area contributed by atoms with Crippen LogP contribution in [-0.2, 0) is 4.79 Å². The molecule has 0 spiro atoms. The molecule has 1 heterocycles. The lowest BCUT2D eigenvalue weighted by Crippen LogP contribution is -2.59. The van der Waals surface area contributed by atoms with E-state index < -0.39 is 5.97 Å². The molecule has 0 amide bonds. The number of nitrogens with two attached hydrogens (primary N) is 1. The van der Waals surface area contributed by atoms with Crippen LogP contribution in [0.25, 0.3) is 0 Å². The molecule has 202 valence electrons. The Hall–Kier alpha value is -1.46. The molecule has 1 aliphatic heterocycles. The Balaban J connectivity index is 1.88. The van der Waals surface area contributed by atoms with Crippen molar-refractivity contribution >= 4 is 11.8 Å². The van der Waals surface area contributed by atoms with Gasteiger partial charge in [-0.2, -0.15) is 0 Å². The number of carboxylic acids is 1. The number of rotatable bonds is 24. The summed E-state index contributed by atoms with van der Waals surface area (Å²) in [7, 11) is 0. The summed E-state index contributed by atoms with van der Waals surface area (Å²) in [4.78, 5) is 15.8. The van der Waals surface area contributed by atoms with Gasteiger partial charge < -0.3 is 5.11 Å². The van der Waals surface area contributed by atoms with Crippen molar-refractivity contribution in [2.75, 3.05) is 6.54 Å². The zero-order valence-electron chi connectivity index (χ0n) is 23.1. The highest BCUT2D eigenvalue weighted by molar-refractivity contribution is 5.81. The number of hydrogen-bond donors (Lipinski definition) is 2. The Morgan fingerprint density at radius 1 is 0.857 bits per heavy atom. The van der Waals surface area contributed by atoms with Crippen molar-refractivity contribution in [1.29, 1.82) is 0 Å². The topological polar surface area (TPSA) is 75.7 Å². The van der Waals surface area contributed by atoms with E-state index in [1.54, 1.807) is 6.20 Å². The van der Waals surface area contributed by atoms with Gasteiger partial charge in [0.25, 0.3) is 0 Å². The van der Waals surface area contributed by atoms with Gasteiger partial charge in [-0.3, -0.25) is 5.73 Å². The molecule has 2 unspecified atom stereocenters. The number of hydrogen-bond acceptors (Lipinski definition) is 3. The summed E-state index contributed by atoms with van der Waals surface area (Å²) < 4.78 is 0.172. The summed E-state index contributed by atoms with van der Waals surface area (Å²) in [6.07, 6.45) is 34.1. The summed E-state index contributed by atoms with van der Waals surface area (Å²) in [6, 6.07) is 0. The SMILES string of the molecule is CCCCC/C=C/CCCCCCCCCCCCCCCCC1=NC=C[N+]1(CC(=O)O)C(C)N. The first-order valence-electron chi connectivity index (χ1n) is 14.8. The molecule has 0 aliphatic carbocycles. The molecule has 0 aromatic heterocycles. The van der Waals surface area contributed by atoms with Gasteiger partial charge in [0.2, 0.25) is 5.84 Å². The Labute approximate surface area is 216 Å². The average Bonchev–Trinajstić information content (AvgIpc) is 3.23. The second-order valence-electron chi connectivity index (χ2n) is 10.5. The number of amidine groups is 1. The summed E-state index contributed by atoms with van der Waals surface area (Å²) in [5.41, 5.74) is 6.13. The van der Waals surface area contributed by atoms with E-state index in [-0.39, 0.29) is 17.2 Å². The predicted octanol–water partition coefficient (Wildman–Crippen LogP) is 8.45. The number of carbonyl (C=O) groups is 1. The largest absolute Gasteiger partial charge is 0.477 e. The molecule has 0 aromatic rings. The van der Waals surface area contributed by atoms with E-state index in [4.69, 9.17) is 5.73 Å². The van der Waals surface area contributed by atoms with Crippen molar-refractivity contribution in [1.82, 2.24) is 0 Å². The fourth-order valence-corrected chi connectivity index (χ4v) is 5.00. The van der Waals surface area contributed by atoms with Crippen LogP contribution in [0.3, 0.4) is 0 Å². The Kier molecular flexibility index (Phi) is 18.7. The van der Waals surface area contributed by atoms with E-state index in [0.717, 1.165) is 18.7 Å². The molecule has 0 radical (unpaired) electrons. The lowest BCUT2D eigenvalue weighted by Gasteiger charge is -2.34. The second kappa shape index (κ2) is 20.7. The smallest absolute Gasteiger partial charge is 0.360 e. The van der Waals surface area contributed by atoms with Gasteiger partial charge >= 0.3 is 5.97 Å². The van der Waals surface area contributed by atoms with Crippen LogP contribution < -0.4 is 5.73 Å². The van der Waals surface area contributed by atoms with Crippen molar-refractivity contribution < 1.29 is 14.4 Å². The highest BCUT2D eigenvalue weighted by atomic mass is 16.4. The molecule has 5 nitrogen and oxygen atoms in total. The molecule has 2 atom stereocenters. The number of nitrogens with zero attached hydrogens (tertiary/aromatic N) is 2. The highest BCUT2D eigenvalue weighted by Crippen LogP contribution is 2.23. The molecular weight excluding hydrogens is 434 g/mol. The van der Waals surface area contributed by atoms with Crippen molar-refractivity contribution in [3.8, 4) is 0 Å².